The van der Waals surface area contributed by atoms with Crippen LogP contribution in [0.1, 0.15) is 84.4 Å². The molecule has 2 aliphatic carbocycles. The molecule has 0 unspecified atom stereocenters. The number of fused-ring (bicyclic) bond motifs is 1. The fourth-order valence-electron chi connectivity index (χ4n) is 6.87. The van der Waals surface area contributed by atoms with Crippen LogP contribution in [0.15, 0.2) is 49.1 Å². The van der Waals surface area contributed by atoms with Crippen LogP contribution in [0.2, 0.25) is 0 Å². The minimum Gasteiger partial charge on any atom is -0.496 e. The van der Waals surface area contributed by atoms with E-state index in [2.05, 4.69) is 20.4 Å². The average molecular weight is 657 g/mol. The van der Waals surface area contributed by atoms with Gasteiger partial charge in [0.05, 0.1) is 42.0 Å². The maximum absolute atomic E-state index is 14.1. The summed E-state index contributed by atoms with van der Waals surface area (Å²) in [6.07, 6.45) is 2.32. The van der Waals surface area contributed by atoms with Gasteiger partial charge in [0.15, 0.2) is 0 Å². The van der Waals surface area contributed by atoms with Crippen molar-refractivity contribution < 1.29 is 33.3 Å². The lowest BCUT2D eigenvalue weighted by molar-refractivity contribution is -0.163. The Labute approximate surface area is 283 Å². The molecule has 3 aromatic rings. The number of aromatic nitrogens is 2. The number of aryl methyl sites for hydroxylation is 1. The van der Waals surface area contributed by atoms with E-state index < -0.39 is 34.9 Å². The number of benzene rings is 1. The maximum Gasteiger partial charge on any atom is 0.313 e. The van der Waals surface area contributed by atoms with Crippen LogP contribution < -0.4 is 9.47 Å². The molecule has 0 aliphatic heterocycles. The molecule has 0 amide bonds. The molecule has 2 aromatic heterocycles. The van der Waals surface area contributed by atoms with Gasteiger partial charge in [0.1, 0.15) is 29.0 Å². The molecule has 0 bridgehead atoms. The largest absolute Gasteiger partial charge is 0.496 e. The number of ketones is 1. The standard InChI is InChI=1S/C39H48N2O7/c1-10-24-20-39(24,37(44)46-11-2)21-32(42)27-17-25(18-28(27)36(43)48-38(6,7)8)47-34-19-31(30-14-12-13-29(40-30)22(3)4)41-35-23(5)33(45-9)16-15-26(34)35/h10,12-16,19,22,24-25,27-28H,1,11,17-18,20-21H2,2-9H3/t24-,25-,27-,28-,39-/m1/s1. The zero-order chi connectivity index (χ0) is 35.0. The van der Waals surface area contributed by atoms with E-state index in [1.165, 1.54) is 0 Å². The highest BCUT2D eigenvalue weighted by Gasteiger charge is 2.61. The topological polar surface area (TPSA) is 114 Å². The second-order valence-corrected chi connectivity index (χ2v) is 14.4. The number of ether oxygens (including phenoxy) is 4. The Kier molecular flexibility index (Phi) is 9.99. The molecule has 5 atom stereocenters. The van der Waals surface area contributed by atoms with Crippen molar-refractivity contribution in [1.82, 2.24) is 9.97 Å². The molecule has 48 heavy (non-hydrogen) atoms. The van der Waals surface area contributed by atoms with E-state index in [0.717, 1.165) is 16.6 Å². The SMILES string of the molecule is C=C[C@@H]1C[C@]1(CC(=O)[C@@H]1C[C@@H](Oc2cc(-c3cccc(C(C)C)n3)nc3c(C)c(OC)ccc23)C[C@H]1C(=O)OC(C)(C)C)C(=O)OCC. The Hall–Kier alpha value is -4.27. The molecule has 0 spiro atoms. The van der Waals surface area contributed by atoms with Gasteiger partial charge in [-0.1, -0.05) is 26.0 Å². The van der Waals surface area contributed by atoms with Crippen LogP contribution in [0.5, 0.6) is 11.5 Å². The molecular weight excluding hydrogens is 608 g/mol. The van der Waals surface area contributed by atoms with Crippen LogP contribution >= 0.6 is 0 Å². The van der Waals surface area contributed by atoms with Gasteiger partial charge in [0, 0.05) is 35.0 Å². The van der Waals surface area contributed by atoms with Gasteiger partial charge in [0.2, 0.25) is 0 Å². The Morgan fingerprint density at radius 1 is 1.04 bits per heavy atom. The first-order chi connectivity index (χ1) is 22.7. The molecule has 2 aliphatic rings. The van der Waals surface area contributed by atoms with Gasteiger partial charge in [-0.15, -0.1) is 6.58 Å². The highest BCUT2D eigenvalue weighted by Crippen LogP contribution is 2.58. The lowest BCUT2D eigenvalue weighted by atomic mass is 9.84. The third kappa shape index (κ3) is 7.10. The van der Waals surface area contributed by atoms with Crippen molar-refractivity contribution in [3.8, 4) is 22.9 Å². The van der Waals surface area contributed by atoms with E-state index in [0.29, 0.717) is 41.2 Å². The molecular formula is C39H48N2O7. The normalized spacial score (nSPS) is 23.5. The summed E-state index contributed by atoms with van der Waals surface area (Å²) >= 11 is 0. The van der Waals surface area contributed by atoms with Gasteiger partial charge in [0.25, 0.3) is 0 Å². The quantitative estimate of drug-likeness (QED) is 0.144. The number of nitrogens with zero attached hydrogens (tertiary/aromatic N) is 2. The molecule has 1 aromatic carbocycles. The summed E-state index contributed by atoms with van der Waals surface area (Å²) in [6.45, 7) is 17.4. The van der Waals surface area contributed by atoms with Crippen molar-refractivity contribution in [2.75, 3.05) is 13.7 Å². The van der Waals surface area contributed by atoms with Gasteiger partial charge in [-0.25, -0.2) is 4.98 Å². The van der Waals surface area contributed by atoms with Crippen molar-refractivity contribution in [1.29, 1.82) is 0 Å². The molecule has 256 valence electrons. The molecule has 2 saturated carbocycles. The fraction of sp³-hybridized carbons (Fsp3) is 0.513. The Bertz CT molecular complexity index is 1730. The van der Waals surface area contributed by atoms with Gasteiger partial charge in [-0.3, -0.25) is 19.4 Å². The predicted octanol–water partition coefficient (Wildman–Crippen LogP) is 7.57. The molecule has 2 fully saturated rings. The first-order valence-electron chi connectivity index (χ1n) is 16.9. The summed E-state index contributed by atoms with van der Waals surface area (Å²) in [7, 11) is 1.63. The number of allylic oxidation sites excluding steroid dienone is 1. The zero-order valence-corrected chi connectivity index (χ0v) is 29.4. The van der Waals surface area contributed by atoms with Crippen LogP contribution in [-0.4, -0.2) is 53.1 Å². The van der Waals surface area contributed by atoms with Crippen molar-refractivity contribution in [2.24, 2.45) is 23.2 Å². The second-order valence-electron chi connectivity index (χ2n) is 14.4. The summed E-state index contributed by atoms with van der Waals surface area (Å²) in [4.78, 5) is 50.5. The number of hydrogen-bond donors (Lipinski definition) is 0. The number of pyridine rings is 2. The van der Waals surface area contributed by atoms with E-state index in [4.69, 9.17) is 28.9 Å². The highest BCUT2D eigenvalue weighted by molar-refractivity contribution is 5.94. The first-order valence-corrected chi connectivity index (χ1v) is 16.9. The minimum absolute atomic E-state index is 0.0155. The Balaban J connectivity index is 1.51. The number of esters is 2. The molecule has 5 rings (SSSR count). The smallest absolute Gasteiger partial charge is 0.313 e. The zero-order valence-electron chi connectivity index (χ0n) is 29.4. The lowest BCUT2D eigenvalue weighted by Crippen LogP contribution is -2.34. The highest BCUT2D eigenvalue weighted by atomic mass is 16.6. The van der Waals surface area contributed by atoms with E-state index in [1.54, 1.807) is 20.1 Å². The second kappa shape index (κ2) is 13.7. The van der Waals surface area contributed by atoms with Gasteiger partial charge < -0.3 is 18.9 Å². The number of methoxy groups -OCH3 is 1. The Morgan fingerprint density at radius 2 is 1.77 bits per heavy atom. The van der Waals surface area contributed by atoms with Crippen LogP contribution in [0.4, 0.5) is 0 Å². The average Bonchev–Trinajstić information content (AvgIpc) is 3.59. The van der Waals surface area contributed by atoms with Crippen molar-refractivity contribution in [3.63, 3.8) is 0 Å². The fourth-order valence-corrected chi connectivity index (χ4v) is 6.87. The number of carbonyl (C=O) groups excluding carboxylic acids is 3. The summed E-state index contributed by atoms with van der Waals surface area (Å²) in [5.74, 6) is -1.02. The van der Waals surface area contributed by atoms with Gasteiger partial charge in [-0.05, 0) is 90.0 Å². The summed E-state index contributed by atoms with van der Waals surface area (Å²) in [6, 6.07) is 11.6. The van der Waals surface area contributed by atoms with E-state index >= 15 is 0 Å². The van der Waals surface area contributed by atoms with Crippen molar-refractivity contribution >= 4 is 28.6 Å². The molecule has 2 heterocycles. The third-order valence-corrected chi connectivity index (χ3v) is 9.52. The summed E-state index contributed by atoms with van der Waals surface area (Å²) < 4.78 is 23.5. The number of Topliss-reactive ketones (excluding diaryl/α,β-unsaturated/α-hetero) is 1. The number of rotatable bonds is 12. The first kappa shape index (κ1) is 35.0. The summed E-state index contributed by atoms with van der Waals surface area (Å²) in [5.41, 5.74) is 2.22. The molecule has 0 N–H and O–H groups in total. The summed E-state index contributed by atoms with van der Waals surface area (Å²) in [5, 5.41) is 0.786. The monoisotopic (exact) mass is 656 g/mol. The molecule has 9 nitrogen and oxygen atoms in total. The third-order valence-electron chi connectivity index (χ3n) is 9.52. The number of hydrogen-bond acceptors (Lipinski definition) is 9. The maximum atomic E-state index is 14.1. The van der Waals surface area contributed by atoms with Gasteiger partial charge in [-0.2, -0.15) is 0 Å². The van der Waals surface area contributed by atoms with Crippen LogP contribution in [0.3, 0.4) is 0 Å². The van der Waals surface area contributed by atoms with Gasteiger partial charge >= 0.3 is 11.9 Å². The van der Waals surface area contributed by atoms with Crippen LogP contribution in [0.25, 0.3) is 22.3 Å². The van der Waals surface area contributed by atoms with Crippen LogP contribution in [-0.2, 0) is 23.9 Å². The lowest BCUT2D eigenvalue weighted by Gasteiger charge is -2.25. The minimum atomic E-state index is -0.934. The Morgan fingerprint density at radius 3 is 2.40 bits per heavy atom. The predicted molar refractivity (Wildman–Crippen MR) is 184 cm³/mol. The molecule has 9 heteroatoms. The molecule has 0 radical (unpaired) electrons. The van der Waals surface area contributed by atoms with Crippen molar-refractivity contribution in [2.45, 2.75) is 91.8 Å². The van der Waals surface area contributed by atoms with E-state index in [-0.39, 0.29) is 43.0 Å². The van der Waals surface area contributed by atoms with Crippen molar-refractivity contribution in [3.05, 3.63) is 60.3 Å². The van der Waals surface area contributed by atoms with Crippen LogP contribution in [0, 0.1) is 30.1 Å². The molecule has 0 saturated heterocycles. The number of carbonyl (C=O) groups is 3. The van der Waals surface area contributed by atoms with E-state index in [1.807, 2.05) is 64.1 Å². The van der Waals surface area contributed by atoms with E-state index in [9.17, 15) is 14.4 Å².